The number of hydrogen-bond acceptors (Lipinski definition) is 4. The van der Waals surface area contributed by atoms with Crippen LogP contribution in [0.2, 0.25) is 0 Å². The third-order valence-corrected chi connectivity index (χ3v) is 4.83. The van der Waals surface area contributed by atoms with Crippen LogP contribution >= 0.6 is 22.7 Å². The molecule has 2 aromatic heterocycles. The van der Waals surface area contributed by atoms with Crippen molar-refractivity contribution < 1.29 is 9.90 Å². The van der Waals surface area contributed by atoms with Gasteiger partial charge >= 0.3 is 0 Å². The predicted molar refractivity (Wildman–Crippen MR) is 87.7 cm³/mol. The van der Waals surface area contributed by atoms with Gasteiger partial charge < -0.3 is 10.4 Å². The van der Waals surface area contributed by atoms with Crippen LogP contribution in [0.3, 0.4) is 0 Å². The molecule has 0 aliphatic carbocycles. The molecule has 110 valence electrons. The highest BCUT2D eigenvalue weighted by Gasteiger charge is 2.17. The molecule has 21 heavy (non-hydrogen) atoms. The van der Waals surface area contributed by atoms with E-state index in [0.717, 1.165) is 16.9 Å². The van der Waals surface area contributed by atoms with Crippen molar-refractivity contribution in [1.82, 2.24) is 5.32 Å². The van der Waals surface area contributed by atoms with Gasteiger partial charge in [-0.2, -0.15) is 0 Å². The second kappa shape index (κ2) is 7.99. The Morgan fingerprint density at radius 3 is 2.90 bits per heavy atom. The summed E-state index contributed by atoms with van der Waals surface area (Å²) in [6.45, 7) is 2.09. The summed E-state index contributed by atoms with van der Waals surface area (Å²) in [4.78, 5) is 14.2. The van der Waals surface area contributed by atoms with Gasteiger partial charge in [0.05, 0.1) is 12.6 Å². The molecule has 5 heteroatoms. The van der Waals surface area contributed by atoms with Gasteiger partial charge in [0.15, 0.2) is 0 Å². The molecule has 0 fully saturated rings. The first kappa shape index (κ1) is 15.8. The van der Waals surface area contributed by atoms with E-state index in [4.69, 9.17) is 5.11 Å². The van der Waals surface area contributed by atoms with Gasteiger partial charge in [0.2, 0.25) is 0 Å². The Labute approximate surface area is 132 Å². The maximum atomic E-state index is 12.4. The normalized spacial score (nSPS) is 11.5. The number of thiophene rings is 2. The van der Waals surface area contributed by atoms with Crippen LogP contribution < -0.4 is 5.32 Å². The van der Waals surface area contributed by atoms with Gasteiger partial charge in [-0.1, -0.05) is 24.8 Å². The zero-order valence-corrected chi connectivity index (χ0v) is 13.4. The summed E-state index contributed by atoms with van der Waals surface area (Å²) in [5, 5.41) is 15.7. The van der Waals surface area contributed by atoms with Crippen LogP contribution in [0.25, 0.3) is 0 Å². The third-order valence-electron chi connectivity index (χ3n) is 2.93. The van der Waals surface area contributed by atoms with Crippen LogP contribution in [0.4, 0.5) is 0 Å². The molecule has 2 heterocycles. The van der Waals surface area contributed by atoms with Crippen LogP contribution in [0.15, 0.2) is 29.0 Å². The quantitative estimate of drug-likeness (QED) is 0.830. The molecule has 0 radical (unpaired) electrons. The second-order valence-electron chi connectivity index (χ2n) is 4.39. The minimum atomic E-state index is -0.0847. The fraction of sp³-hybridized carbons (Fsp3) is 0.312. The molecule has 3 nitrogen and oxygen atoms in total. The number of nitrogens with one attached hydrogen (secondary N) is 1. The lowest BCUT2D eigenvalue weighted by Gasteiger charge is -2.15. The van der Waals surface area contributed by atoms with Crippen molar-refractivity contribution in [1.29, 1.82) is 0 Å². The van der Waals surface area contributed by atoms with Crippen molar-refractivity contribution in [3.05, 3.63) is 44.3 Å². The maximum Gasteiger partial charge on any atom is 0.263 e. The van der Waals surface area contributed by atoms with E-state index < -0.39 is 0 Å². The fourth-order valence-electron chi connectivity index (χ4n) is 1.88. The second-order valence-corrected chi connectivity index (χ2v) is 6.28. The molecule has 0 aliphatic rings. The highest BCUT2D eigenvalue weighted by Crippen LogP contribution is 2.23. The van der Waals surface area contributed by atoms with E-state index in [1.165, 1.54) is 11.3 Å². The molecule has 1 amide bonds. The van der Waals surface area contributed by atoms with Gasteiger partial charge in [0.25, 0.3) is 5.91 Å². The molecule has 2 aromatic rings. The maximum absolute atomic E-state index is 12.4. The van der Waals surface area contributed by atoms with Gasteiger partial charge in [-0.15, -0.1) is 22.7 Å². The molecule has 2 N–H and O–H groups in total. The molecular formula is C16H17NO2S2. The van der Waals surface area contributed by atoms with Crippen molar-refractivity contribution in [3.63, 3.8) is 0 Å². The zero-order valence-electron chi connectivity index (χ0n) is 11.8. The smallest absolute Gasteiger partial charge is 0.263 e. The summed E-state index contributed by atoms with van der Waals surface area (Å²) < 4.78 is 0. The van der Waals surface area contributed by atoms with Gasteiger partial charge in [-0.3, -0.25) is 4.79 Å². The van der Waals surface area contributed by atoms with Crippen LogP contribution in [0, 0.1) is 11.8 Å². The molecule has 0 aliphatic heterocycles. The summed E-state index contributed by atoms with van der Waals surface area (Å²) in [7, 11) is 0. The van der Waals surface area contributed by atoms with E-state index in [-0.39, 0.29) is 18.6 Å². The number of rotatable bonds is 5. The highest BCUT2D eigenvalue weighted by atomic mass is 32.1. The van der Waals surface area contributed by atoms with E-state index in [2.05, 4.69) is 24.1 Å². The third kappa shape index (κ3) is 4.18. The highest BCUT2D eigenvalue weighted by molar-refractivity contribution is 7.12. The van der Waals surface area contributed by atoms with Gasteiger partial charge in [0.1, 0.15) is 4.88 Å². The zero-order chi connectivity index (χ0) is 15.1. The molecule has 0 saturated heterocycles. The average Bonchev–Trinajstić information content (AvgIpc) is 3.16. The van der Waals surface area contributed by atoms with Crippen molar-refractivity contribution in [2.24, 2.45) is 0 Å². The molecule has 0 aromatic carbocycles. The molecule has 2 rings (SSSR count). The number of hydrogen-bond donors (Lipinski definition) is 2. The van der Waals surface area contributed by atoms with Crippen molar-refractivity contribution in [2.75, 3.05) is 6.61 Å². The average molecular weight is 319 g/mol. The summed E-state index contributed by atoms with van der Waals surface area (Å²) in [6, 6.07) is 5.91. The standard InChI is InChI=1S/C16H17NO2S2/c1-2-13(14-7-5-10-20-14)17-16(19)15-12(8-11-21-15)6-3-4-9-18/h5,7-8,10-11,13,18H,2,4,9H2,1H3,(H,17,19). The Bertz CT molecular complexity index is 635. The largest absolute Gasteiger partial charge is 0.395 e. The van der Waals surface area contributed by atoms with E-state index in [9.17, 15) is 4.79 Å². The van der Waals surface area contributed by atoms with Crippen LogP contribution in [-0.2, 0) is 0 Å². The fourth-order valence-corrected chi connectivity index (χ4v) is 3.50. The lowest BCUT2D eigenvalue weighted by atomic mass is 10.1. The summed E-state index contributed by atoms with van der Waals surface area (Å²) in [6.07, 6.45) is 1.27. The first-order chi connectivity index (χ1) is 10.3. The van der Waals surface area contributed by atoms with Crippen molar-refractivity contribution >= 4 is 28.6 Å². The molecule has 0 spiro atoms. The molecule has 1 unspecified atom stereocenters. The Balaban J connectivity index is 2.10. The van der Waals surface area contributed by atoms with E-state index in [0.29, 0.717) is 11.3 Å². The van der Waals surface area contributed by atoms with E-state index in [1.807, 2.05) is 29.0 Å². The predicted octanol–water partition coefficient (Wildman–Crippen LogP) is 3.42. The molecule has 0 bridgehead atoms. The van der Waals surface area contributed by atoms with Crippen LogP contribution in [0.5, 0.6) is 0 Å². The lowest BCUT2D eigenvalue weighted by molar-refractivity contribution is 0.0940. The molecule has 0 saturated carbocycles. The molecular weight excluding hydrogens is 302 g/mol. The first-order valence-electron chi connectivity index (χ1n) is 6.77. The Kier molecular flexibility index (Phi) is 6.00. The number of carbonyl (C=O) groups excluding carboxylic acids is 1. The van der Waals surface area contributed by atoms with Crippen molar-refractivity contribution in [3.8, 4) is 11.8 Å². The van der Waals surface area contributed by atoms with E-state index in [1.54, 1.807) is 11.3 Å². The number of carbonyl (C=O) groups is 1. The minimum absolute atomic E-state index is 0.0367. The van der Waals surface area contributed by atoms with Crippen molar-refractivity contribution in [2.45, 2.75) is 25.8 Å². The summed E-state index contributed by atoms with van der Waals surface area (Å²) >= 11 is 3.04. The topological polar surface area (TPSA) is 49.3 Å². The van der Waals surface area contributed by atoms with Crippen LogP contribution in [0.1, 0.15) is 45.9 Å². The number of amides is 1. The Morgan fingerprint density at radius 1 is 1.38 bits per heavy atom. The molecule has 1 atom stereocenters. The van der Waals surface area contributed by atoms with Gasteiger partial charge in [-0.05, 0) is 29.3 Å². The monoisotopic (exact) mass is 319 g/mol. The summed E-state index contributed by atoms with van der Waals surface area (Å²) in [5.74, 6) is 5.71. The van der Waals surface area contributed by atoms with E-state index >= 15 is 0 Å². The van der Waals surface area contributed by atoms with Crippen LogP contribution in [-0.4, -0.2) is 17.6 Å². The first-order valence-corrected chi connectivity index (χ1v) is 8.53. The van der Waals surface area contributed by atoms with Gasteiger partial charge in [0, 0.05) is 16.9 Å². The number of aliphatic hydroxyl groups is 1. The minimum Gasteiger partial charge on any atom is -0.395 e. The SMILES string of the molecule is CCC(NC(=O)c1sccc1C#CCCO)c1cccs1. The lowest BCUT2D eigenvalue weighted by Crippen LogP contribution is -2.27. The Hall–Kier alpha value is -1.61. The summed E-state index contributed by atoms with van der Waals surface area (Å²) in [5.41, 5.74) is 0.729. The Morgan fingerprint density at radius 2 is 2.24 bits per heavy atom. The van der Waals surface area contributed by atoms with Gasteiger partial charge in [-0.25, -0.2) is 0 Å². The number of aliphatic hydroxyl groups excluding tert-OH is 1.